The van der Waals surface area contributed by atoms with Crippen LogP contribution in [-0.4, -0.2) is 35.1 Å². The van der Waals surface area contributed by atoms with Gasteiger partial charge in [-0.15, -0.1) is 0 Å². The monoisotopic (exact) mass is 439 g/mol. The summed E-state index contributed by atoms with van der Waals surface area (Å²) < 4.78 is 54.1. The average molecular weight is 439 g/mol. The lowest BCUT2D eigenvalue weighted by Crippen LogP contribution is -2.30. The molecule has 0 saturated carbocycles. The summed E-state index contributed by atoms with van der Waals surface area (Å²) in [7, 11) is 3.18. The van der Waals surface area contributed by atoms with Crippen molar-refractivity contribution < 1.29 is 27.4 Å². The fraction of sp³-hybridized carbons (Fsp3) is 0.545. The first kappa shape index (κ1) is 23.1. The molecule has 170 valence electrons. The second kappa shape index (κ2) is 8.53. The van der Waals surface area contributed by atoms with Crippen molar-refractivity contribution in [2.45, 2.75) is 57.9 Å². The molecule has 6 nitrogen and oxygen atoms in total. The fourth-order valence-corrected chi connectivity index (χ4v) is 3.78. The number of rotatable bonds is 4. The van der Waals surface area contributed by atoms with Gasteiger partial charge in [-0.1, -0.05) is 20.8 Å². The summed E-state index contributed by atoms with van der Waals surface area (Å²) >= 11 is 0. The van der Waals surface area contributed by atoms with E-state index in [0.29, 0.717) is 18.6 Å². The van der Waals surface area contributed by atoms with Crippen molar-refractivity contribution in [2.75, 3.05) is 13.7 Å². The minimum Gasteiger partial charge on any atom is -0.496 e. The Kier molecular flexibility index (Phi) is 6.36. The third-order valence-corrected chi connectivity index (χ3v) is 5.38. The molecule has 0 spiro atoms. The summed E-state index contributed by atoms with van der Waals surface area (Å²) in [6.45, 7) is 7.31. The molecule has 0 N–H and O–H groups in total. The summed E-state index contributed by atoms with van der Waals surface area (Å²) in [5.41, 5.74) is -0.0808. The van der Waals surface area contributed by atoms with E-state index in [0.717, 1.165) is 36.7 Å². The van der Waals surface area contributed by atoms with Gasteiger partial charge in [-0.3, -0.25) is 14.2 Å². The van der Waals surface area contributed by atoms with E-state index in [1.54, 1.807) is 6.07 Å². The molecule has 1 aliphatic rings. The Morgan fingerprint density at radius 2 is 1.97 bits per heavy atom. The van der Waals surface area contributed by atoms with E-state index in [9.17, 15) is 18.0 Å². The molecule has 0 aliphatic carbocycles. The third-order valence-electron chi connectivity index (χ3n) is 5.38. The standard InChI is InChI=1S/C22H28F3N3O3/c1-21(2,3)18-12-19(28(27(18)4)13-15-7-6-10-31-15)26-20(29)16-11-14(22(23,24)25)8-9-17(16)30-5/h8-9,11-12,15H,6-7,10,13H2,1-5H3/t15-/m1/s1. The fourth-order valence-electron chi connectivity index (χ4n) is 3.78. The molecule has 9 heteroatoms. The molecule has 3 rings (SSSR count). The van der Waals surface area contributed by atoms with Gasteiger partial charge >= 0.3 is 6.18 Å². The number of amides is 1. The minimum absolute atomic E-state index is 0.00133. The summed E-state index contributed by atoms with van der Waals surface area (Å²) in [6.07, 6.45) is -2.71. The number of ether oxygens (including phenoxy) is 2. The number of halogens is 3. The molecule has 0 radical (unpaired) electrons. The summed E-state index contributed by atoms with van der Waals surface area (Å²) in [5, 5.41) is 0. The van der Waals surface area contributed by atoms with E-state index in [4.69, 9.17) is 9.47 Å². The zero-order chi connectivity index (χ0) is 23.0. The van der Waals surface area contributed by atoms with Crippen LogP contribution in [0.25, 0.3) is 0 Å². The van der Waals surface area contributed by atoms with Crippen LogP contribution in [0.3, 0.4) is 0 Å². The Balaban J connectivity index is 2.11. The molecule has 2 aromatic rings. The molecule has 1 amide bonds. The Morgan fingerprint density at radius 3 is 2.52 bits per heavy atom. The van der Waals surface area contributed by atoms with E-state index in [-0.39, 0.29) is 22.8 Å². The Hall–Kier alpha value is -2.55. The normalized spacial score (nSPS) is 17.9. The second-order valence-electron chi connectivity index (χ2n) is 8.71. The molecule has 1 atom stereocenters. The summed E-state index contributed by atoms with van der Waals surface area (Å²) in [6, 6.07) is 4.60. The van der Waals surface area contributed by atoms with Crippen LogP contribution in [0.2, 0.25) is 0 Å². The number of hydrogen-bond donors (Lipinski definition) is 0. The highest BCUT2D eigenvalue weighted by atomic mass is 19.4. The number of methoxy groups -OCH3 is 1. The first-order chi connectivity index (χ1) is 14.4. The van der Waals surface area contributed by atoms with E-state index in [2.05, 4.69) is 4.99 Å². The van der Waals surface area contributed by atoms with E-state index < -0.39 is 17.6 Å². The highest BCUT2D eigenvalue weighted by molar-refractivity contribution is 5.97. The van der Waals surface area contributed by atoms with Crippen LogP contribution in [0.4, 0.5) is 13.2 Å². The Labute approximate surface area is 179 Å². The summed E-state index contributed by atoms with van der Waals surface area (Å²) in [5.74, 6) is -0.755. The lowest BCUT2D eigenvalue weighted by molar-refractivity contribution is -0.137. The Morgan fingerprint density at radius 1 is 1.26 bits per heavy atom. The lowest BCUT2D eigenvalue weighted by Gasteiger charge is -2.21. The second-order valence-corrected chi connectivity index (χ2v) is 8.71. The lowest BCUT2D eigenvalue weighted by atomic mass is 9.92. The number of alkyl halides is 3. The van der Waals surface area contributed by atoms with Crippen molar-refractivity contribution in [3.63, 3.8) is 0 Å². The van der Waals surface area contributed by atoms with Gasteiger partial charge in [-0.05, 0) is 31.0 Å². The van der Waals surface area contributed by atoms with Gasteiger partial charge in [0.05, 0.1) is 30.9 Å². The van der Waals surface area contributed by atoms with Crippen LogP contribution in [0, 0.1) is 0 Å². The first-order valence-electron chi connectivity index (χ1n) is 10.1. The van der Waals surface area contributed by atoms with E-state index >= 15 is 0 Å². The maximum Gasteiger partial charge on any atom is 0.416 e. The van der Waals surface area contributed by atoms with Crippen LogP contribution < -0.4 is 10.2 Å². The van der Waals surface area contributed by atoms with Crippen molar-refractivity contribution in [1.29, 1.82) is 0 Å². The van der Waals surface area contributed by atoms with Crippen molar-refractivity contribution in [3.8, 4) is 5.75 Å². The largest absolute Gasteiger partial charge is 0.496 e. The van der Waals surface area contributed by atoms with E-state index in [1.165, 1.54) is 7.11 Å². The highest BCUT2D eigenvalue weighted by Crippen LogP contribution is 2.32. The molecule has 1 aromatic heterocycles. The zero-order valence-corrected chi connectivity index (χ0v) is 18.4. The average Bonchev–Trinajstić information content (AvgIpc) is 3.30. The molecule has 0 bridgehead atoms. The number of carbonyl (C=O) groups is 1. The quantitative estimate of drug-likeness (QED) is 0.722. The van der Waals surface area contributed by atoms with Gasteiger partial charge in [0.1, 0.15) is 5.75 Å². The van der Waals surface area contributed by atoms with Gasteiger partial charge in [0.15, 0.2) is 5.49 Å². The molecular formula is C22H28F3N3O3. The Bertz CT molecular complexity index is 1020. The van der Waals surface area contributed by atoms with Crippen molar-refractivity contribution in [2.24, 2.45) is 12.0 Å². The van der Waals surface area contributed by atoms with Gasteiger partial charge in [-0.25, -0.2) is 0 Å². The SMILES string of the molecule is COc1ccc(C(F)(F)F)cc1C(=O)N=c1cc(C(C)(C)C)n(C)n1C[C@H]1CCCO1. The zero-order valence-electron chi connectivity index (χ0n) is 18.4. The van der Waals surface area contributed by atoms with E-state index in [1.807, 2.05) is 37.2 Å². The molecule has 0 unspecified atom stereocenters. The molecule has 2 heterocycles. The molecule has 1 fully saturated rings. The maximum absolute atomic E-state index is 13.2. The van der Waals surface area contributed by atoms with Crippen molar-refractivity contribution >= 4 is 5.91 Å². The number of benzene rings is 1. The van der Waals surface area contributed by atoms with Gasteiger partial charge in [-0.2, -0.15) is 18.2 Å². The minimum atomic E-state index is -4.58. The number of nitrogens with zero attached hydrogens (tertiary/aromatic N) is 3. The topological polar surface area (TPSA) is 57.8 Å². The number of hydrogen-bond acceptors (Lipinski definition) is 3. The van der Waals surface area contributed by atoms with Gasteiger partial charge in [0.2, 0.25) is 0 Å². The van der Waals surface area contributed by atoms with Gasteiger partial charge < -0.3 is 9.47 Å². The van der Waals surface area contributed by atoms with Crippen LogP contribution in [0.5, 0.6) is 5.75 Å². The summed E-state index contributed by atoms with van der Waals surface area (Å²) in [4.78, 5) is 17.2. The van der Waals surface area contributed by atoms with Crippen LogP contribution in [0.15, 0.2) is 29.3 Å². The maximum atomic E-state index is 13.2. The van der Waals surface area contributed by atoms with Crippen molar-refractivity contribution in [3.05, 3.63) is 46.6 Å². The highest BCUT2D eigenvalue weighted by Gasteiger charge is 2.32. The smallest absolute Gasteiger partial charge is 0.416 e. The van der Waals surface area contributed by atoms with Gasteiger partial charge in [0.25, 0.3) is 5.91 Å². The van der Waals surface area contributed by atoms with Crippen molar-refractivity contribution in [1.82, 2.24) is 9.36 Å². The van der Waals surface area contributed by atoms with Crippen LogP contribution in [0.1, 0.15) is 55.2 Å². The van der Waals surface area contributed by atoms with Gasteiger partial charge in [0, 0.05) is 30.8 Å². The first-order valence-corrected chi connectivity index (χ1v) is 10.1. The molecule has 31 heavy (non-hydrogen) atoms. The molecule has 1 saturated heterocycles. The van der Waals surface area contributed by atoms with Crippen LogP contribution in [-0.2, 0) is 29.9 Å². The third kappa shape index (κ3) is 5.03. The molecular weight excluding hydrogens is 411 g/mol. The predicted molar refractivity (Wildman–Crippen MR) is 109 cm³/mol. The molecule has 1 aliphatic heterocycles. The number of carbonyl (C=O) groups excluding carboxylic acids is 1. The molecule has 1 aromatic carbocycles. The number of aromatic nitrogens is 2. The predicted octanol–water partition coefficient (Wildman–Crippen LogP) is 4.07. The van der Waals surface area contributed by atoms with Crippen LogP contribution >= 0.6 is 0 Å².